The number of aromatic nitrogens is 2. The molecule has 3 aromatic rings. The number of carbonyl (C=O) groups is 1. The number of anilines is 1. The predicted octanol–water partition coefficient (Wildman–Crippen LogP) is 4.67. The van der Waals surface area contributed by atoms with Gasteiger partial charge < -0.3 is 5.32 Å². The van der Waals surface area contributed by atoms with E-state index < -0.39 is 23.3 Å². The van der Waals surface area contributed by atoms with Crippen molar-refractivity contribution in [3.63, 3.8) is 0 Å². The lowest BCUT2D eigenvalue weighted by atomic mass is 10.0. The van der Waals surface area contributed by atoms with Crippen LogP contribution in [-0.2, 0) is 13.2 Å². The van der Waals surface area contributed by atoms with Crippen molar-refractivity contribution < 1.29 is 18.0 Å². The molecule has 134 valence electrons. The summed E-state index contributed by atoms with van der Waals surface area (Å²) in [5, 5.41) is 5.95. The van der Waals surface area contributed by atoms with Crippen LogP contribution in [0.5, 0.6) is 0 Å². The molecule has 0 unspecified atom stereocenters. The molecule has 0 bridgehead atoms. The summed E-state index contributed by atoms with van der Waals surface area (Å²) in [6, 6.07) is 14.6. The Balaban J connectivity index is 1.97. The molecule has 0 aliphatic carbocycles. The van der Waals surface area contributed by atoms with Gasteiger partial charge in [0.15, 0.2) is 5.69 Å². The molecule has 1 N–H and O–H groups in total. The lowest BCUT2D eigenvalue weighted by Gasteiger charge is -2.12. The van der Waals surface area contributed by atoms with E-state index in [-0.39, 0.29) is 0 Å². The summed E-state index contributed by atoms with van der Waals surface area (Å²) in [4.78, 5) is 12.5. The van der Waals surface area contributed by atoms with Crippen LogP contribution in [0, 0.1) is 6.92 Å². The maximum Gasteiger partial charge on any atom is 0.435 e. The van der Waals surface area contributed by atoms with Crippen LogP contribution in [0.4, 0.5) is 18.9 Å². The van der Waals surface area contributed by atoms with Gasteiger partial charge in [0, 0.05) is 24.5 Å². The van der Waals surface area contributed by atoms with Crippen LogP contribution in [0.15, 0.2) is 54.7 Å². The molecule has 2 aromatic carbocycles. The van der Waals surface area contributed by atoms with Crippen molar-refractivity contribution in [1.29, 1.82) is 0 Å². The SMILES string of the molecule is Cc1cccc(-c2ccccc2NC(=O)c2cn(C)nc2C(F)(F)F)c1. The number of para-hydroxylation sites is 1. The van der Waals surface area contributed by atoms with Crippen molar-refractivity contribution in [2.45, 2.75) is 13.1 Å². The summed E-state index contributed by atoms with van der Waals surface area (Å²) in [6.45, 7) is 1.94. The maximum atomic E-state index is 13.1. The van der Waals surface area contributed by atoms with Gasteiger partial charge in [-0.2, -0.15) is 18.3 Å². The van der Waals surface area contributed by atoms with E-state index in [4.69, 9.17) is 0 Å². The van der Waals surface area contributed by atoms with Gasteiger partial charge in [0.05, 0.1) is 5.56 Å². The van der Waals surface area contributed by atoms with E-state index in [0.29, 0.717) is 5.69 Å². The van der Waals surface area contributed by atoms with E-state index in [0.717, 1.165) is 27.6 Å². The Labute approximate surface area is 148 Å². The molecule has 0 atom stereocenters. The first-order valence-electron chi connectivity index (χ1n) is 7.84. The van der Waals surface area contributed by atoms with Gasteiger partial charge in [-0.15, -0.1) is 0 Å². The number of hydrogen-bond donors (Lipinski definition) is 1. The molecule has 1 heterocycles. The monoisotopic (exact) mass is 359 g/mol. The minimum Gasteiger partial charge on any atom is -0.321 e. The zero-order valence-corrected chi connectivity index (χ0v) is 14.1. The molecule has 7 heteroatoms. The fourth-order valence-electron chi connectivity index (χ4n) is 2.71. The zero-order valence-electron chi connectivity index (χ0n) is 14.1. The van der Waals surface area contributed by atoms with Gasteiger partial charge in [-0.05, 0) is 18.6 Å². The van der Waals surface area contributed by atoms with Crippen molar-refractivity contribution in [3.8, 4) is 11.1 Å². The van der Waals surface area contributed by atoms with E-state index in [1.165, 1.54) is 7.05 Å². The Hall–Kier alpha value is -3.09. The molecular formula is C19H16F3N3O. The average Bonchev–Trinajstić information content (AvgIpc) is 2.98. The highest BCUT2D eigenvalue weighted by atomic mass is 19.4. The Morgan fingerprint density at radius 3 is 2.54 bits per heavy atom. The topological polar surface area (TPSA) is 46.9 Å². The molecule has 1 amide bonds. The van der Waals surface area contributed by atoms with Crippen LogP contribution in [-0.4, -0.2) is 15.7 Å². The van der Waals surface area contributed by atoms with E-state index in [1.807, 2.05) is 31.2 Å². The second-order valence-corrected chi connectivity index (χ2v) is 5.93. The van der Waals surface area contributed by atoms with Gasteiger partial charge in [-0.1, -0.05) is 48.0 Å². The number of halogens is 3. The van der Waals surface area contributed by atoms with Crippen molar-refractivity contribution in [2.24, 2.45) is 7.05 Å². The van der Waals surface area contributed by atoms with Crippen LogP contribution >= 0.6 is 0 Å². The van der Waals surface area contributed by atoms with Crippen LogP contribution in [0.25, 0.3) is 11.1 Å². The molecule has 26 heavy (non-hydrogen) atoms. The summed E-state index contributed by atoms with van der Waals surface area (Å²) < 4.78 is 40.3. The number of amides is 1. The average molecular weight is 359 g/mol. The van der Waals surface area contributed by atoms with Gasteiger partial charge in [0.1, 0.15) is 0 Å². The summed E-state index contributed by atoms with van der Waals surface area (Å²) in [5.41, 5.74) is 1.34. The smallest absolute Gasteiger partial charge is 0.321 e. The maximum absolute atomic E-state index is 13.1. The summed E-state index contributed by atoms with van der Waals surface area (Å²) >= 11 is 0. The highest BCUT2D eigenvalue weighted by molar-refractivity contribution is 6.07. The van der Waals surface area contributed by atoms with Crippen LogP contribution in [0.3, 0.4) is 0 Å². The first-order chi connectivity index (χ1) is 12.3. The summed E-state index contributed by atoms with van der Waals surface area (Å²) in [6.07, 6.45) is -3.64. The van der Waals surface area contributed by atoms with Gasteiger partial charge in [-0.25, -0.2) is 0 Å². The van der Waals surface area contributed by atoms with Crippen molar-refractivity contribution in [3.05, 3.63) is 71.5 Å². The second kappa shape index (κ2) is 6.67. The van der Waals surface area contributed by atoms with Crippen molar-refractivity contribution in [2.75, 3.05) is 5.32 Å². The van der Waals surface area contributed by atoms with Crippen LogP contribution in [0.2, 0.25) is 0 Å². The minimum absolute atomic E-state index is 0.431. The fraction of sp³-hybridized carbons (Fsp3) is 0.158. The lowest BCUT2D eigenvalue weighted by molar-refractivity contribution is -0.141. The molecule has 0 saturated carbocycles. The molecule has 0 saturated heterocycles. The van der Waals surface area contributed by atoms with Crippen molar-refractivity contribution in [1.82, 2.24) is 9.78 Å². The Bertz CT molecular complexity index is 961. The number of carbonyl (C=O) groups excluding carboxylic acids is 1. The van der Waals surface area contributed by atoms with Crippen LogP contribution < -0.4 is 5.32 Å². The number of nitrogens with zero attached hydrogens (tertiary/aromatic N) is 2. The number of aryl methyl sites for hydroxylation is 2. The van der Waals surface area contributed by atoms with E-state index in [2.05, 4.69) is 10.4 Å². The van der Waals surface area contributed by atoms with Crippen molar-refractivity contribution >= 4 is 11.6 Å². The number of rotatable bonds is 3. The first-order valence-corrected chi connectivity index (χ1v) is 7.84. The first kappa shape index (κ1) is 17.7. The van der Waals surface area contributed by atoms with E-state index in [1.54, 1.807) is 24.3 Å². The van der Waals surface area contributed by atoms with E-state index >= 15 is 0 Å². The molecule has 0 aliphatic rings. The Morgan fingerprint density at radius 1 is 1.12 bits per heavy atom. The summed E-state index contributed by atoms with van der Waals surface area (Å²) in [7, 11) is 1.34. The third kappa shape index (κ3) is 3.61. The molecule has 3 rings (SSSR count). The largest absolute Gasteiger partial charge is 0.435 e. The standard InChI is InChI=1S/C19H16F3N3O/c1-12-6-5-7-13(10-12)14-8-3-4-9-16(14)23-18(26)15-11-25(2)24-17(15)19(20,21)22/h3-11H,1-2H3,(H,23,26). The molecular weight excluding hydrogens is 343 g/mol. The summed E-state index contributed by atoms with van der Waals surface area (Å²) in [5.74, 6) is -0.856. The molecule has 0 radical (unpaired) electrons. The number of alkyl halides is 3. The highest BCUT2D eigenvalue weighted by Crippen LogP contribution is 2.32. The Kier molecular flexibility index (Phi) is 4.54. The zero-order chi connectivity index (χ0) is 18.9. The predicted molar refractivity (Wildman–Crippen MR) is 92.8 cm³/mol. The highest BCUT2D eigenvalue weighted by Gasteiger charge is 2.39. The third-order valence-corrected chi connectivity index (χ3v) is 3.85. The molecule has 0 spiro atoms. The van der Waals surface area contributed by atoms with Crippen LogP contribution in [0.1, 0.15) is 21.6 Å². The number of nitrogens with one attached hydrogen (secondary N) is 1. The lowest BCUT2D eigenvalue weighted by Crippen LogP contribution is -2.18. The van der Waals surface area contributed by atoms with Gasteiger partial charge in [0.2, 0.25) is 0 Å². The van der Waals surface area contributed by atoms with E-state index in [9.17, 15) is 18.0 Å². The molecule has 4 nitrogen and oxygen atoms in total. The molecule has 0 fully saturated rings. The fourth-order valence-corrected chi connectivity index (χ4v) is 2.71. The Morgan fingerprint density at radius 2 is 1.85 bits per heavy atom. The van der Waals surface area contributed by atoms with Gasteiger partial charge in [0.25, 0.3) is 5.91 Å². The number of hydrogen-bond acceptors (Lipinski definition) is 2. The quantitative estimate of drug-likeness (QED) is 0.739. The normalized spacial score (nSPS) is 11.4. The molecule has 1 aromatic heterocycles. The third-order valence-electron chi connectivity index (χ3n) is 3.85. The minimum atomic E-state index is -4.70. The number of benzene rings is 2. The van der Waals surface area contributed by atoms with Gasteiger partial charge >= 0.3 is 6.18 Å². The van der Waals surface area contributed by atoms with Gasteiger partial charge in [-0.3, -0.25) is 9.48 Å². The second-order valence-electron chi connectivity index (χ2n) is 5.93. The molecule has 0 aliphatic heterocycles.